The van der Waals surface area contributed by atoms with E-state index in [9.17, 15) is 13.2 Å². The topological polar surface area (TPSA) is 95.2 Å². The van der Waals surface area contributed by atoms with Crippen LogP contribution in [-0.4, -0.2) is 47.0 Å². The van der Waals surface area contributed by atoms with E-state index in [1.807, 2.05) is 12.1 Å². The molecular formula is C31H32ClF3N4O3S. The summed E-state index contributed by atoms with van der Waals surface area (Å²) in [6, 6.07) is 17.3. The first kappa shape index (κ1) is 31.0. The number of carbonyl (C=O) groups excluding carboxylic acids is 1. The van der Waals surface area contributed by atoms with Crippen molar-refractivity contribution >= 4 is 38.4 Å². The fraction of sp³-hybridized carbons (Fsp3) is 0.355. The number of pyridine rings is 1. The van der Waals surface area contributed by atoms with Crippen molar-refractivity contribution in [3.05, 3.63) is 95.4 Å². The number of alkyl halides is 3. The highest BCUT2D eigenvalue weighted by molar-refractivity contribution is 7.89. The highest BCUT2D eigenvalue weighted by Crippen LogP contribution is 2.42. The van der Waals surface area contributed by atoms with Gasteiger partial charge in [-0.2, -0.15) is 13.2 Å². The van der Waals surface area contributed by atoms with Crippen LogP contribution in [0.5, 0.6) is 0 Å². The van der Waals surface area contributed by atoms with Crippen LogP contribution in [0.1, 0.15) is 50.3 Å². The Balaban J connectivity index is 1.61. The Kier molecular flexibility index (Phi) is 8.61. The van der Waals surface area contributed by atoms with Gasteiger partial charge in [-0.3, -0.25) is 9.78 Å². The van der Waals surface area contributed by atoms with Crippen LogP contribution in [0.4, 0.5) is 13.2 Å². The molecule has 0 bridgehead atoms. The van der Waals surface area contributed by atoms with Crippen LogP contribution in [-0.2, 0) is 26.7 Å². The van der Waals surface area contributed by atoms with Gasteiger partial charge in [-0.15, -0.1) is 0 Å². The summed E-state index contributed by atoms with van der Waals surface area (Å²) in [6.45, 7) is 1.02. The second kappa shape index (κ2) is 11.9. The summed E-state index contributed by atoms with van der Waals surface area (Å²) in [6.07, 6.45) is 1.22. The van der Waals surface area contributed by atoms with Crippen LogP contribution in [0.15, 0.2) is 84.0 Å². The van der Waals surface area contributed by atoms with E-state index in [4.69, 9.17) is 11.6 Å². The molecule has 1 fully saturated rings. The molecule has 7 nitrogen and oxygen atoms in total. The Morgan fingerprint density at radius 2 is 1.70 bits per heavy atom. The average Bonchev–Trinajstić information content (AvgIpc) is 3.38. The molecule has 1 atom stereocenters. The standard InChI is InChI=1S/C31H32ClF3N4O3S/c1-29(19-22-20-37-25-13-5-3-11-23(22)25,39(31(33,34)35)43(41,42)26-14-6-4-12-24(26)32)28(40)38-21-30(16-8-2-9-17-30)27-15-7-10-18-36-27/h3-7,10-15,18,20,37H,2,8-9,16-17,19,21H2,1H3,(H,38,40)/t29-/m0/s1. The van der Waals surface area contributed by atoms with Gasteiger partial charge < -0.3 is 10.3 Å². The summed E-state index contributed by atoms with van der Waals surface area (Å²) in [5.41, 5.74) is -1.49. The number of rotatable bonds is 9. The number of hydrogen-bond donors (Lipinski definition) is 2. The Bertz CT molecular complexity index is 1710. The van der Waals surface area contributed by atoms with Crippen molar-refractivity contribution in [3.63, 3.8) is 0 Å². The molecule has 12 heteroatoms. The number of aromatic amines is 1. The molecule has 2 aromatic carbocycles. The molecule has 0 saturated heterocycles. The lowest BCUT2D eigenvalue weighted by Crippen LogP contribution is -2.65. The Morgan fingerprint density at radius 3 is 2.37 bits per heavy atom. The monoisotopic (exact) mass is 632 g/mol. The summed E-state index contributed by atoms with van der Waals surface area (Å²) in [5, 5.41) is 2.95. The zero-order chi connectivity index (χ0) is 30.9. The highest BCUT2D eigenvalue weighted by atomic mass is 35.5. The molecule has 1 aliphatic rings. The number of aromatic nitrogens is 2. The van der Waals surface area contributed by atoms with Crippen molar-refractivity contribution in [2.75, 3.05) is 6.54 Å². The lowest BCUT2D eigenvalue weighted by Gasteiger charge is -2.41. The first-order chi connectivity index (χ1) is 20.4. The van der Waals surface area contributed by atoms with E-state index in [0.717, 1.165) is 37.9 Å². The number of benzene rings is 2. The first-order valence-electron chi connectivity index (χ1n) is 14.0. The van der Waals surface area contributed by atoms with Crippen molar-refractivity contribution in [1.29, 1.82) is 0 Å². The van der Waals surface area contributed by atoms with Gasteiger partial charge in [-0.25, -0.2) is 8.42 Å². The Morgan fingerprint density at radius 1 is 1.02 bits per heavy atom. The lowest BCUT2D eigenvalue weighted by atomic mass is 9.71. The van der Waals surface area contributed by atoms with Crippen molar-refractivity contribution in [2.45, 2.75) is 67.6 Å². The second-order valence-electron chi connectivity index (χ2n) is 11.2. The molecule has 1 saturated carbocycles. The molecule has 2 N–H and O–H groups in total. The van der Waals surface area contributed by atoms with Crippen LogP contribution >= 0.6 is 11.6 Å². The summed E-state index contributed by atoms with van der Waals surface area (Å²) < 4.78 is 72.3. The predicted molar refractivity (Wildman–Crippen MR) is 159 cm³/mol. The van der Waals surface area contributed by atoms with Gasteiger partial charge in [0.2, 0.25) is 5.91 Å². The third-order valence-corrected chi connectivity index (χ3v) is 10.8. The number of carbonyl (C=O) groups is 1. The minimum atomic E-state index is -5.47. The Labute approximate surface area is 253 Å². The van der Waals surface area contributed by atoms with Gasteiger partial charge in [-0.05, 0) is 55.7 Å². The van der Waals surface area contributed by atoms with Crippen molar-refractivity contribution in [1.82, 2.24) is 19.6 Å². The number of nitrogens with one attached hydrogen (secondary N) is 2. The highest BCUT2D eigenvalue weighted by Gasteiger charge is 2.60. The molecule has 0 spiro atoms. The molecule has 2 heterocycles. The summed E-state index contributed by atoms with van der Waals surface area (Å²) in [5.74, 6) is -1.08. The van der Waals surface area contributed by atoms with E-state index in [0.29, 0.717) is 29.3 Å². The molecule has 0 unspecified atom stereocenters. The predicted octanol–water partition coefficient (Wildman–Crippen LogP) is 6.75. The fourth-order valence-corrected chi connectivity index (χ4v) is 8.34. The summed E-state index contributed by atoms with van der Waals surface area (Å²) >= 11 is 6.12. The molecule has 43 heavy (non-hydrogen) atoms. The molecule has 0 radical (unpaired) electrons. The van der Waals surface area contributed by atoms with E-state index >= 15 is 13.2 Å². The van der Waals surface area contributed by atoms with Crippen LogP contribution in [0.25, 0.3) is 10.9 Å². The van der Waals surface area contributed by atoms with Gasteiger partial charge in [0, 0.05) is 47.4 Å². The number of hydrogen-bond acceptors (Lipinski definition) is 4. The number of H-pyrrole nitrogens is 1. The van der Waals surface area contributed by atoms with Crippen LogP contribution < -0.4 is 5.32 Å². The van der Waals surface area contributed by atoms with Gasteiger partial charge >= 0.3 is 6.30 Å². The minimum Gasteiger partial charge on any atom is -0.361 e. The summed E-state index contributed by atoms with van der Waals surface area (Å²) in [4.78, 5) is 21.0. The normalized spacial score (nSPS) is 17.1. The largest absolute Gasteiger partial charge is 0.474 e. The third-order valence-electron chi connectivity index (χ3n) is 8.34. The van der Waals surface area contributed by atoms with E-state index in [1.165, 1.54) is 24.4 Å². The zero-order valence-electron chi connectivity index (χ0n) is 23.5. The van der Waals surface area contributed by atoms with Gasteiger partial charge in [0.05, 0.1) is 5.02 Å². The molecule has 1 amide bonds. The lowest BCUT2D eigenvalue weighted by molar-refractivity contribution is -0.234. The minimum absolute atomic E-state index is 0.00413. The number of nitrogens with zero attached hydrogens (tertiary/aromatic N) is 2. The first-order valence-corrected chi connectivity index (χ1v) is 15.8. The van der Waals surface area contributed by atoms with Gasteiger partial charge in [0.25, 0.3) is 10.0 Å². The number of sulfonamides is 1. The van der Waals surface area contributed by atoms with Gasteiger partial charge in [0.15, 0.2) is 0 Å². The Hall–Kier alpha value is -3.41. The maximum absolute atomic E-state index is 15.1. The van der Waals surface area contributed by atoms with Crippen molar-refractivity contribution < 1.29 is 26.4 Å². The van der Waals surface area contributed by atoms with Gasteiger partial charge in [0.1, 0.15) is 10.4 Å². The van der Waals surface area contributed by atoms with E-state index in [2.05, 4.69) is 15.3 Å². The number of fused-ring (bicyclic) bond motifs is 1. The number of para-hydroxylation sites is 1. The second-order valence-corrected chi connectivity index (χ2v) is 13.4. The van der Waals surface area contributed by atoms with E-state index < -0.39 is 48.8 Å². The van der Waals surface area contributed by atoms with Crippen molar-refractivity contribution in [3.8, 4) is 0 Å². The van der Waals surface area contributed by atoms with Gasteiger partial charge in [-0.1, -0.05) is 71.6 Å². The van der Waals surface area contributed by atoms with E-state index in [1.54, 1.807) is 36.5 Å². The SMILES string of the molecule is C[C@](Cc1c[nH]c2ccccc12)(C(=O)NCC1(c2ccccn2)CCCCC1)N(C(F)(F)F)S(=O)(=O)c1ccccc1Cl. The molecule has 1 aliphatic carbocycles. The molecule has 4 aromatic rings. The van der Waals surface area contributed by atoms with Crippen molar-refractivity contribution in [2.24, 2.45) is 0 Å². The maximum Gasteiger partial charge on any atom is 0.474 e. The quantitative estimate of drug-likeness (QED) is 0.200. The molecule has 5 rings (SSSR count). The summed E-state index contributed by atoms with van der Waals surface area (Å²) in [7, 11) is -5.37. The number of amides is 1. The smallest absolute Gasteiger partial charge is 0.361 e. The third kappa shape index (κ3) is 6.03. The molecule has 2 aromatic heterocycles. The number of halogens is 4. The van der Waals surface area contributed by atoms with Crippen LogP contribution in [0.3, 0.4) is 0 Å². The average molecular weight is 633 g/mol. The maximum atomic E-state index is 15.1. The van der Waals surface area contributed by atoms with E-state index in [-0.39, 0.29) is 11.6 Å². The zero-order valence-corrected chi connectivity index (χ0v) is 25.1. The fourth-order valence-electron chi connectivity index (χ4n) is 6.20. The molecular weight excluding hydrogens is 601 g/mol. The van der Waals surface area contributed by atoms with Crippen LogP contribution in [0, 0.1) is 0 Å². The molecule has 0 aliphatic heterocycles. The molecule has 228 valence electrons. The van der Waals surface area contributed by atoms with Crippen LogP contribution in [0.2, 0.25) is 5.02 Å².